The zero-order chi connectivity index (χ0) is 15.6. The van der Waals surface area contributed by atoms with Gasteiger partial charge in [-0.25, -0.2) is 0 Å². The Balaban J connectivity index is 0.000000164. The summed E-state index contributed by atoms with van der Waals surface area (Å²) in [6.07, 6.45) is 4.85. The molecule has 1 atom stereocenters. The van der Waals surface area contributed by atoms with Crippen LogP contribution in [0, 0.1) is 0 Å². The van der Waals surface area contributed by atoms with E-state index in [0.717, 1.165) is 23.8 Å². The Morgan fingerprint density at radius 3 is 2.14 bits per heavy atom. The fourth-order valence-corrected chi connectivity index (χ4v) is 2.20. The minimum atomic E-state index is -0.0822. The van der Waals surface area contributed by atoms with E-state index in [0.29, 0.717) is 6.61 Å². The van der Waals surface area contributed by atoms with Crippen LogP contribution in [0.5, 0.6) is 0 Å². The van der Waals surface area contributed by atoms with Crippen molar-refractivity contribution in [1.82, 2.24) is 0 Å². The Kier molecular flexibility index (Phi) is 6.12. The van der Waals surface area contributed by atoms with Crippen LogP contribution in [0.3, 0.4) is 0 Å². The van der Waals surface area contributed by atoms with Gasteiger partial charge in [-0.15, -0.1) is 0 Å². The summed E-state index contributed by atoms with van der Waals surface area (Å²) in [5.74, 6) is -0.104. The van der Waals surface area contributed by atoms with E-state index in [1.807, 2.05) is 60.7 Å². The number of hydrogen-bond acceptors (Lipinski definition) is 3. The molecule has 0 saturated carbocycles. The lowest BCUT2D eigenvalue weighted by atomic mass is 9.98. The number of allylic oxidation sites excluding steroid dienone is 1. The summed E-state index contributed by atoms with van der Waals surface area (Å²) in [6.45, 7) is 0.568. The number of carbonyl (C=O) groups excluding carboxylic acids is 2. The first-order valence-corrected chi connectivity index (χ1v) is 7.19. The largest absolute Gasteiger partial charge is 0.465 e. The molecule has 22 heavy (non-hydrogen) atoms. The summed E-state index contributed by atoms with van der Waals surface area (Å²) in [6, 6.07) is 19.5. The van der Waals surface area contributed by atoms with Crippen LogP contribution >= 0.6 is 0 Å². The maximum atomic E-state index is 11.2. The first kappa shape index (κ1) is 15.7. The molecule has 0 N–H and O–H groups in total. The molecule has 1 heterocycles. The average molecular weight is 294 g/mol. The van der Waals surface area contributed by atoms with Gasteiger partial charge < -0.3 is 4.74 Å². The van der Waals surface area contributed by atoms with Gasteiger partial charge in [-0.05, 0) is 23.6 Å². The lowest BCUT2D eigenvalue weighted by Crippen LogP contribution is -2.04. The van der Waals surface area contributed by atoms with E-state index in [9.17, 15) is 9.59 Å². The van der Waals surface area contributed by atoms with Crippen LogP contribution in [-0.4, -0.2) is 18.9 Å². The van der Waals surface area contributed by atoms with E-state index in [2.05, 4.69) is 0 Å². The Hall–Kier alpha value is -2.68. The number of benzene rings is 2. The fourth-order valence-electron chi connectivity index (χ4n) is 2.20. The van der Waals surface area contributed by atoms with Gasteiger partial charge in [-0.2, -0.15) is 0 Å². The van der Waals surface area contributed by atoms with Crippen molar-refractivity contribution in [2.75, 3.05) is 6.61 Å². The maximum Gasteiger partial charge on any atom is 0.313 e. The van der Waals surface area contributed by atoms with E-state index in [4.69, 9.17) is 4.74 Å². The zero-order valence-corrected chi connectivity index (χ0v) is 12.2. The summed E-state index contributed by atoms with van der Waals surface area (Å²) >= 11 is 0. The van der Waals surface area contributed by atoms with E-state index < -0.39 is 0 Å². The van der Waals surface area contributed by atoms with Crippen molar-refractivity contribution in [3.8, 4) is 0 Å². The Bertz CT molecular complexity index is 618. The normalized spacial score (nSPS) is 16.7. The maximum absolute atomic E-state index is 11.2. The minimum absolute atomic E-state index is 0.0220. The third-order valence-corrected chi connectivity index (χ3v) is 3.30. The number of esters is 1. The van der Waals surface area contributed by atoms with Crippen LogP contribution in [0.1, 0.15) is 23.5 Å². The molecule has 1 aliphatic heterocycles. The number of ether oxygens (including phenoxy) is 1. The van der Waals surface area contributed by atoms with Gasteiger partial charge in [0, 0.05) is 0 Å². The van der Waals surface area contributed by atoms with Crippen LogP contribution in [0.2, 0.25) is 0 Å². The molecule has 3 rings (SSSR count). The Morgan fingerprint density at radius 2 is 1.59 bits per heavy atom. The molecule has 3 heteroatoms. The third-order valence-electron chi connectivity index (χ3n) is 3.30. The second kappa shape index (κ2) is 8.57. The monoisotopic (exact) mass is 294 g/mol. The summed E-state index contributed by atoms with van der Waals surface area (Å²) in [5.41, 5.74) is 2.12. The van der Waals surface area contributed by atoms with Crippen LogP contribution in [0.25, 0.3) is 6.08 Å². The first-order valence-electron chi connectivity index (χ1n) is 7.19. The van der Waals surface area contributed by atoms with Crippen LogP contribution in [0.4, 0.5) is 0 Å². The van der Waals surface area contributed by atoms with Crippen LogP contribution in [0.15, 0.2) is 66.7 Å². The van der Waals surface area contributed by atoms with Gasteiger partial charge in [0.1, 0.15) is 6.29 Å². The molecular weight excluding hydrogens is 276 g/mol. The molecule has 2 aromatic carbocycles. The molecule has 0 aromatic heterocycles. The molecule has 2 aromatic rings. The summed E-state index contributed by atoms with van der Waals surface area (Å²) in [5, 5.41) is 0. The molecule has 1 saturated heterocycles. The van der Waals surface area contributed by atoms with E-state index in [-0.39, 0.29) is 11.9 Å². The standard InChI is InChI=1S/C10H10O2.C9H8O/c11-10-9(6-7-12-10)8-4-2-1-3-5-8;10-8-4-7-9-5-2-1-3-6-9/h1-5,9H,6-7H2;1-8H. The number of carbonyl (C=O) groups is 2. The molecular formula is C19H18O3. The van der Waals surface area contributed by atoms with E-state index in [1.54, 1.807) is 6.08 Å². The van der Waals surface area contributed by atoms with Gasteiger partial charge in [-0.3, -0.25) is 9.59 Å². The van der Waals surface area contributed by atoms with E-state index >= 15 is 0 Å². The van der Waals surface area contributed by atoms with Crippen molar-refractivity contribution in [3.63, 3.8) is 0 Å². The summed E-state index contributed by atoms with van der Waals surface area (Å²) in [7, 11) is 0. The second-order valence-electron chi connectivity index (χ2n) is 4.83. The van der Waals surface area contributed by atoms with Crippen molar-refractivity contribution in [2.45, 2.75) is 12.3 Å². The zero-order valence-electron chi connectivity index (χ0n) is 12.2. The topological polar surface area (TPSA) is 43.4 Å². The number of aldehydes is 1. The Morgan fingerprint density at radius 1 is 0.955 bits per heavy atom. The molecule has 1 fully saturated rings. The molecule has 0 amide bonds. The number of cyclic esters (lactones) is 1. The highest BCUT2D eigenvalue weighted by Gasteiger charge is 2.27. The van der Waals surface area contributed by atoms with Gasteiger partial charge in [0.05, 0.1) is 12.5 Å². The molecule has 0 bridgehead atoms. The lowest BCUT2D eigenvalue weighted by Gasteiger charge is -2.03. The second-order valence-corrected chi connectivity index (χ2v) is 4.83. The van der Waals surface area contributed by atoms with Crippen molar-refractivity contribution in [3.05, 3.63) is 77.9 Å². The predicted octanol–water partition coefficient (Wildman–Crippen LogP) is 3.62. The molecule has 112 valence electrons. The lowest BCUT2D eigenvalue weighted by molar-refractivity contribution is -0.139. The number of rotatable bonds is 3. The van der Waals surface area contributed by atoms with Gasteiger partial charge in [0.2, 0.25) is 0 Å². The molecule has 0 aliphatic carbocycles. The van der Waals surface area contributed by atoms with Crippen molar-refractivity contribution in [2.24, 2.45) is 0 Å². The molecule has 3 nitrogen and oxygen atoms in total. The van der Waals surface area contributed by atoms with Gasteiger partial charge in [-0.1, -0.05) is 66.7 Å². The molecule has 1 unspecified atom stereocenters. The first-order chi connectivity index (χ1) is 10.8. The fraction of sp³-hybridized carbons (Fsp3) is 0.158. The quantitative estimate of drug-likeness (QED) is 0.493. The minimum Gasteiger partial charge on any atom is -0.465 e. The number of hydrogen-bond donors (Lipinski definition) is 0. The van der Waals surface area contributed by atoms with Gasteiger partial charge in [0.25, 0.3) is 0 Å². The van der Waals surface area contributed by atoms with E-state index in [1.165, 1.54) is 6.08 Å². The van der Waals surface area contributed by atoms with Crippen molar-refractivity contribution in [1.29, 1.82) is 0 Å². The van der Waals surface area contributed by atoms with Gasteiger partial charge in [0.15, 0.2) is 0 Å². The highest BCUT2D eigenvalue weighted by molar-refractivity contribution is 5.79. The van der Waals surface area contributed by atoms with Crippen LogP contribution < -0.4 is 0 Å². The molecule has 0 radical (unpaired) electrons. The SMILES string of the molecule is O=C1OCCC1c1ccccc1.O=CC=Cc1ccccc1. The molecule has 0 spiro atoms. The van der Waals surface area contributed by atoms with Crippen molar-refractivity contribution < 1.29 is 14.3 Å². The van der Waals surface area contributed by atoms with Crippen LogP contribution in [-0.2, 0) is 14.3 Å². The Labute approximate surface area is 130 Å². The third kappa shape index (κ3) is 4.70. The summed E-state index contributed by atoms with van der Waals surface area (Å²) < 4.78 is 4.88. The summed E-state index contributed by atoms with van der Waals surface area (Å²) in [4.78, 5) is 21.0. The molecule has 1 aliphatic rings. The average Bonchev–Trinajstić information content (AvgIpc) is 3.01. The smallest absolute Gasteiger partial charge is 0.313 e. The van der Waals surface area contributed by atoms with Gasteiger partial charge >= 0.3 is 5.97 Å². The highest BCUT2D eigenvalue weighted by atomic mass is 16.5. The predicted molar refractivity (Wildman–Crippen MR) is 86.3 cm³/mol. The van der Waals surface area contributed by atoms with Crippen molar-refractivity contribution >= 4 is 18.3 Å². The highest BCUT2D eigenvalue weighted by Crippen LogP contribution is 2.25.